The molecule has 2 amide bonds. The fourth-order valence-corrected chi connectivity index (χ4v) is 2.20. The van der Waals surface area contributed by atoms with Gasteiger partial charge in [0.2, 0.25) is 0 Å². The molecule has 0 fully saturated rings. The van der Waals surface area contributed by atoms with Crippen molar-refractivity contribution in [1.82, 2.24) is 10.6 Å². The molecule has 0 aromatic heterocycles. The molecule has 1 heterocycles. The third-order valence-corrected chi connectivity index (χ3v) is 3.58. The summed E-state index contributed by atoms with van der Waals surface area (Å²) in [6.07, 6.45) is 0.471. The Kier molecular flexibility index (Phi) is 4.80. The van der Waals surface area contributed by atoms with Crippen molar-refractivity contribution < 1.29 is 18.7 Å². The van der Waals surface area contributed by atoms with E-state index in [0.29, 0.717) is 23.3 Å². The van der Waals surface area contributed by atoms with Gasteiger partial charge in [0, 0.05) is 5.70 Å². The molecule has 6 heteroatoms. The number of carbonyl (C=O) groups is 2. The zero-order valence-electron chi connectivity index (χ0n) is 12.8. The number of rotatable bonds is 4. The Bertz CT molecular complexity index is 610. The van der Waals surface area contributed by atoms with Crippen molar-refractivity contribution in [2.24, 2.45) is 0 Å². The van der Waals surface area contributed by atoms with E-state index in [4.69, 9.17) is 4.74 Å². The molecule has 2 N–H and O–H groups in total. The van der Waals surface area contributed by atoms with Gasteiger partial charge in [0.05, 0.1) is 17.7 Å². The van der Waals surface area contributed by atoms with Crippen LogP contribution in [0.15, 0.2) is 35.5 Å². The number of esters is 1. The molecule has 0 radical (unpaired) electrons. The van der Waals surface area contributed by atoms with Crippen LogP contribution in [0.1, 0.15) is 38.8 Å². The molecule has 0 bridgehead atoms. The predicted octanol–water partition coefficient (Wildman–Crippen LogP) is 2.80. The minimum atomic E-state index is -0.661. The lowest BCUT2D eigenvalue weighted by Crippen LogP contribution is -2.45. The number of allylic oxidation sites excluding steroid dienone is 1. The summed E-state index contributed by atoms with van der Waals surface area (Å²) in [5.41, 5.74) is 1.38. The van der Waals surface area contributed by atoms with Gasteiger partial charge in [0.25, 0.3) is 0 Å². The third-order valence-electron chi connectivity index (χ3n) is 3.58. The van der Waals surface area contributed by atoms with Crippen molar-refractivity contribution in [1.29, 1.82) is 0 Å². The van der Waals surface area contributed by atoms with Gasteiger partial charge in [-0.1, -0.05) is 19.1 Å². The Morgan fingerprint density at radius 3 is 2.59 bits per heavy atom. The van der Waals surface area contributed by atoms with Gasteiger partial charge in [0.1, 0.15) is 5.82 Å². The molecule has 0 aliphatic carbocycles. The number of benzene rings is 1. The second-order valence-electron chi connectivity index (χ2n) is 5.25. The number of urea groups is 1. The van der Waals surface area contributed by atoms with Gasteiger partial charge in [-0.2, -0.15) is 0 Å². The standard InChI is InChI=1S/C16H19FN2O3/c1-4-9(2)22-15(20)13-10(3)18-16(21)19-14(13)11-5-7-12(17)8-6-11/h5-9,14H,4H2,1-3H3,(H2,18,19,21)/t9-,14+/m0/s1. The molecule has 22 heavy (non-hydrogen) atoms. The second-order valence-corrected chi connectivity index (χ2v) is 5.25. The van der Waals surface area contributed by atoms with Crippen molar-refractivity contribution in [3.05, 3.63) is 46.9 Å². The lowest BCUT2D eigenvalue weighted by atomic mass is 9.95. The zero-order valence-corrected chi connectivity index (χ0v) is 12.8. The zero-order chi connectivity index (χ0) is 16.3. The molecule has 2 rings (SSSR count). The van der Waals surface area contributed by atoms with Gasteiger partial charge in [-0.25, -0.2) is 14.0 Å². The van der Waals surface area contributed by atoms with E-state index in [0.717, 1.165) is 0 Å². The first kappa shape index (κ1) is 16.0. The Labute approximate surface area is 128 Å². The molecule has 5 nitrogen and oxygen atoms in total. The van der Waals surface area contributed by atoms with E-state index in [1.165, 1.54) is 24.3 Å². The highest BCUT2D eigenvalue weighted by Crippen LogP contribution is 2.28. The Morgan fingerprint density at radius 1 is 1.36 bits per heavy atom. The maximum absolute atomic E-state index is 13.1. The molecule has 1 aliphatic heterocycles. The van der Waals surface area contributed by atoms with Crippen LogP contribution in [0, 0.1) is 5.82 Å². The molecular weight excluding hydrogens is 287 g/mol. The molecular formula is C16H19FN2O3. The smallest absolute Gasteiger partial charge is 0.338 e. The van der Waals surface area contributed by atoms with E-state index in [2.05, 4.69) is 10.6 Å². The summed E-state index contributed by atoms with van der Waals surface area (Å²) < 4.78 is 18.4. The second kappa shape index (κ2) is 6.60. The van der Waals surface area contributed by atoms with Crippen LogP contribution in [0.4, 0.5) is 9.18 Å². The largest absolute Gasteiger partial charge is 0.459 e. The minimum Gasteiger partial charge on any atom is -0.459 e. The van der Waals surface area contributed by atoms with E-state index < -0.39 is 18.0 Å². The first-order chi connectivity index (χ1) is 10.4. The summed E-state index contributed by atoms with van der Waals surface area (Å²) >= 11 is 0. The van der Waals surface area contributed by atoms with Crippen molar-refractivity contribution in [2.75, 3.05) is 0 Å². The van der Waals surface area contributed by atoms with Gasteiger partial charge in [-0.05, 0) is 38.0 Å². The third kappa shape index (κ3) is 3.44. The van der Waals surface area contributed by atoms with Crippen LogP contribution in [-0.2, 0) is 9.53 Å². The van der Waals surface area contributed by atoms with E-state index in [1.807, 2.05) is 6.92 Å². The average molecular weight is 306 g/mol. The van der Waals surface area contributed by atoms with Crippen LogP contribution in [0.3, 0.4) is 0 Å². The van der Waals surface area contributed by atoms with Crippen LogP contribution in [0.5, 0.6) is 0 Å². The monoisotopic (exact) mass is 306 g/mol. The highest BCUT2D eigenvalue weighted by atomic mass is 19.1. The van der Waals surface area contributed by atoms with Gasteiger partial charge in [0.15, 0.2) is 0 Å². The summed E-state index contributed by atoms with van der Waals surface area (Å²) in [5.74, 6) is -0.873. The molecule has 0 unspecified atom stereocenters. The first-order valence-electron chi connectivity index (χ1n) is 7.17. The average Bonchev–Trinajstić information content (AvgIpc) is 2.46. The normalized spacial score (nSPS) is 19.3. The quantitative estimate of drug-likeness (QED) is 0.841. The molecule has 1 aromatic carbocycles. The highest BCUT2D eigenvalue weighted by Gasteiger charge is 2.32. The van der Waals surface area contributed by atoms with Gasteiger partial charge in [-0.3, -0.25) is 0 Å². The van der Waals surface area contributed by atoms with E-state index in [1.54, 1.807) is 13.8 Å². The summed E-state index contributed by atoms with van der Waals surface area (Å²) in [7, 11) is 0. The Balaban J connectivity index is 2.36. The maximum atomic E-state index is 13.1. The van der Waals surface area contributed by atoms with Crippen LogP contribution in [0.25, 0.3) is 0 Å². The van der Waals surface area contributed by atoms with Crippen LogP contribution >= 0.6 is 0 Å². The van der Waals surface area contributed by atoms with Crippen molar-refractivity contribution in [3.8, 4) is 0 Å². The van der Waals surface area contributed by atoms with Gasteiger partial charge < -0.3 is 15.4 Å². The maximum Gasteiger partial charge on any atom is 0.338 e. The molecule has 2 atom stereocenters. The Morgan fingerprint density at radius 2 is 2.00 bits per heavy atom. The number of carbonyl (C=O) groups excluding carboxylic acids is 2. The van der Waals surface area contributed by atoms with E-state index in [-0.39, 0.29) is 11.9 Å². The SMILES string of the molecule is CC[C@H](C)OC(=O)C1=C(C)NC(=O)N[C@@H]1c1ccc(F)cc1. The molecule has 118 valence electrons. The fourth-order valence-electron chi connectivity index (χ4n) is 2.20. The summed E-state index contributed by atoms with van der Waals surface area (Å²) in [6.45, 7) is 5.36. The Hall–Kier alpha value is -2.37. The van der Waals surface area contributed by atoms with Crippen LogP contribution in [-0.4, -0.2) is 18.1 Å². The topological polar surface area (TPSA) is 67.4 Å². The minimum absolute atomic E-state index is 0.223. The fraction of sp³-hybridized carbons (Fsp3) is 0.375. The molecule has 1 aliphatic rings. The van der Waals surface area contributed by atoms with Crippen LogP contribution < -0.4 is 10.6 Å². The molecule has 0 saturated carbocycles. The molecule has 0 spiro atoms. The van der Waals surface area contributed by atoms with Crippen molar-refractivity contribution in [2.45, 2.75) is 39.3 Å². The molecule has 0 saturated heterocycles. The van der Waals surface area contributed by atoms with Crippen molar-refractivity contribution in [3.63, 3.8) is 0 Å². The highest BCUT2D eigenvalue weighted by molar-refractivity contribution is 5.95. The number of nitrogens with one attached hydrogen (secondary N) is 2. The van der Waals surface area contributed by atoms with E-state index >= 15 is 0 Å². The van der Waals surface area contributed by atoms with Crippen molar-refractivity contribution >= 4 is 12.0 Å². The summed E-state index contributed by atoms with van der Waals surface area (Å²) in [6, 6.07) is 4.58. The number of halogens is 1. The van der Waals surface area contributed by atoms with E-state index in [9.17, 15) is 14.0 Å². The summed E-state index contributed by atoms with van der Waals surface area (Å²) in [5, 5.41) is 5.24. The first-order valence-corrected chi connectivity index (χ1v) is 7.17. The number of hydrogen-bond acceptors (Lipinski definition) is 3. The number of amides is 2. The number of hydrogen-bond donors (Lipinski definition) is 2. The molecule has 1 aromatic rings. The number of ether oxygens (including phenoxy) is 1. The van der Waals surface area contributed by atoms with Gasteiger partial charge in [-0.15, -0.1) is 0 Å². The van der Waals surface area contributed by atoms with Crippen LogP contribution in [0.2, 0.25) is 0 Å². The lowest BCUT2D eigenvalue weighted by Gasteiger charge is -2.28. The van der Waals surface area contributed by atoms with Gasteiger partial charge >= 0.3 is 12.0 Å². The summed E-state index contributed by atoms with van der Waals surface area (Å²) in [4.78, 5) is 24.1. The lowest BCUT2D eigenvalue weighted by molar-refractivity contribution is -0.144. The predicted molar refractivity (Wildman–Crippen MR) is 79.4 cm³/mol.